The van der Waals surface area contributed by atoms with Crippen molar-refractivity contribution in [2.45, 2.75) is 0 Å². The smallest absolute Gasteiger partial charge is 0.257 e. The average molecular weight is 385 g/mol. The molecule has 0 spiro atoms. The fraction of sp³-hybridized carbons (Fsp3) is 0.182. The van der Waals surface area contributed by atoms with Gasteiger partial charge in [0.05, 0.1) is 0 Å². The lowest BCUT2D eigenvalue weighted by atomic mass is 10.1. The van der Waals surface area contributed by atoms with E-state index in [1.165, 1.54) is 0 Å². The first kappa shape index (κ1) is 17.4. The van der Waals surface area contributed by atoms with Crippen molar-refractivity contribution in [1.82, 2.24) is 25.2 Å². The van der Waals surface area contributed by atoms with Gasteiger partial charge in [-0.2, -0.15) is 15.4 Å². The molecule has 29 heavy (non-hydrogen) atoms. The number of likely N-dealkylation sites (tertiary alicyclic amines) is 1. The summed E-state index contributed by atoms with van der Waals surface area (Å²) in [5.74, 6) is 0.140. The summed E-state index contributed by atoms with van der Waals surface area (Å²) >= 11 is 0. The molecule has 0 aliphatic carbocycles. The Bertz CT molecular complexity index is 1150. The molecule has 1 aromatic heterocycles. The normalized spacial score (nSPS) is 18.5. The van der Waals surface area contributed by atoms with Crippen molar-refractivity contribution in [2.75, 3.05) is 19.6 Å². The summed E-state index contributed by atoms with van der Waals surface area (Å²) in [6, 6.07) is 15.1. The third-order valence-electron chi connectivity index (χ3n) is 5.43. The van der Waals surface area contributed by atoms with E-state index < -0.39 is 0 Å². The van der Waals surface area contributed by atoms with Gasteiger partial charge in [-0.1, -0.05) is 30.3 Å². The van der Waals surface area contributed by atoms with Gasteiger partial charge in [0.1, 0.15) is 11.0 Å². The van der Waals surface area contributed by atoms with Crippen LogP contribution in [0.3, 0.4) is 0 Å². The first-order valence-corrected chi connectivity index (χ1v) is 9.51. The van der Waals surface area contributed by atoms with Crippen molar-refractivity contribution >= 4 is 28.9 Å². The zero-order chi connectivity index (χ0) is 19.8. The highest BCUT2D eigenvalue weighted by Gasteiger charge is 2.36. The van der Waals surface area contributed by atoms with E-state index in [0.717, 1.165) is 16.7 Å². The molecule has 2 aliphatic heterocycles. The number of fused-ring (bicyclic) bond motifs is 2. The number of hydrogen-bond donors (Lipinski definition) is 1. The molecule has 1 saturated heterocycles. The van der Waals surface area contributed by atoms with Crippen LogP contribution in [-0.4, -0.2) is 56.7 Å². The predicted octanol–water partition coefficient (Wildman–Crippen LogP) is 2.47. The summed E-state index contributed by atoms with van der Waals surface area (Å²) in [5, 5.41) is 10.6. The molecule has 2 aliphatic rings. The highest BCUT2D eigenvalue weighted by atomic mass is 16.2. The van der Waals surface area contributed by atoms with Crippen LogP contribution in [0.5, 0.6) is 0 Å². The number of carbonyl (C=O) groups is 2. The van der Waals surface area contributed by atoms with Gasteiger partial charge in [-0.05, 0) is 35.4 Å². The average Bonchev–Trinajstić information content (AvgIpc) is 3.46. The Labute approximate surface area is 167 Å². The molecule has 0 unspecified atom stereocenters. The van der Waals surface area contributed by atoms with E-state index in [2.05, 4.69) is 15.4 Å². The van der Waals surface area contributed by atoms with Crippen molar-refractivity contribution < 1.29 is 9.59 Å². The van der Waals surface area contributed by atoms with Crippen LogP contribution >= 0.6 is 0 Å². The quantitative estimate of drug-likeness (QED) is 0.702. The van der Waals surface area contributed by atoms with Crippen LogP contribution in [0.2, 0.25) is 0 Å². The third-order valence-corrected chi connectivity index (χ3v) is 5.43. The first-order chi connectivity index (χ1) is 14.2. The topological polar surface area (TPSA) is 82.2 Å². The Balaban J connectivity index is 1.26. The maximum Gasteiger partial charge on any atom is 0.257 e. The molecular formula is C22H19N5O2. The Hall–Kier alpha value is -3.74. The van der Waals surface area contributed by atoms with Gasteiger partial charge in [0, 0.05) is 43.4 Å². The van der Waals surface area contributed by atoms with Gasteiger partial charge in [-0.25, -0.2) is 0 Å². The number of H-pyrrole nitrogens is 1. The fourth-order valence-corrected chi connectivity index (χ4v) is 3.89. The zero-order valence-electron chi connectivity index (χ0n) is 15.7. The summed E-state index contributed by atoms with van der Waals surface area (Å²) in [7, 11) is 0. The molecule has 3 heterocycles. The second-order valence-electron chi connectivity index (χ2n) is 7.35. The number of hydrogen-bond acceptors (Lipinski definition) is 4. The van der Waals surface area contributed by atoms with Crippen molar-refractivity contribution in [3.8, 4) is 0 Å². The van der Waals surface area contributed by atoms with E-state index in [9.17, 15) is 9.59 Å². The Morgan fingerprint density at radius 1 is 1.03 bits per heavy atom. The molecule has 0 bridgehead atoms. The molecule has 0 radical (unpaired) electrons. The number of carbonyl (C=O) groups excluding carboxylic acids is 2. The number of aromatic amines is 1. The number of nitrogens with one attached hydrogen (secondary N) is 1. The highest BCUT2D eigenvalue weighted by molar-refractivity contribution is 5.98. The van der Waals surface area contributed by atoms with Crippen LogP contribution in [0.15, 0.2) is 66.4 Å². The summed E-state index contributed by atoms with van der Waals surface area (Å²) in [5.41, 5.74) is 4.12. The second-order valence-corrected chi connectivity index (χ2v) is 7.35. The Morgan fingerprint density at radius 3 is 2.69 bits per heavy atom. The maximum absolute atomic E-state index is 12.8. The van der Waals surface area contributed by atoms with E-state index in [1.54, 1.807) is 29.2 Å². The van der Waals surface area contributed by atoms with Gasteiger partial charge in [-0.3, -0.25) is 9.59 Å². The molecule has 2 aromatic carbocycles. The van der Waals surface area contributed by atoms with Crippen LogP contribution in [0.1, 0.15) is 15.9 Å². The van der Waals surface area contributed by atoms with Gasteiger partial charge >= 0.3 is 0 Å². The van der Waals surface area contributed by atoms with E-state index in [-0.39, 0.29) is 17.7 Å². The number of benzene rings is 2. The lowest BCUT2D eigenvalue weighted by Gasteiger charge is -2.19. The maximum atomic E-state index is 12.8. The zero-order valence-corrected chi connectivity index (χ0v) is 15.7. The summed E-state index contributed by atoms with van der Waals surface area (Å²) in [4.78, 5) is 28.9. The molecule has 7 heteroatoms. The van der Waals surface area contributed by atoms with E-state index in [1.807, 2.05) is 47.5 Å². The lowest BCUT2D eigenvalue weighted by Crippen LogP contribution is -2.32. The minimum Gasteiger partial charge on any atom is -0.334 e. The lowest BCUT2D eigenvalue weighted by molar-refractivity contribution is -0.125. The second kappa shape index (κ2) is 7.01. The summed E-state index contributed by atoms with van der Waals surface area (Å²) in [6.45, 7) is 1.79. The molecule has 1 fully saturated rings. The Morgan fingerprint density at radius 2 is 1.86 bits per heavy atom. The van der Waals surface area contributed by atoms with E-state index in [0.29, 0.717) is 30.7 Å². The number of rotatable bonds is 3. The third kappa shape index (κ3) is 3.31. The van der Waals surface area contributed by atoms with Crippen molar-refractivity contribution in [2.24, 2.45) is 5.92 Å². The largest absolute Gasteiger partial charge is 0.334 e. The molecule has 1 atom stereocenters. The first-order valence-electron chi connectivity index (χ1n) is 9.51. The van der Waals surface area contributed by atoms with Crippen molar-refractivity contribution in [3.05, 3.63) is 77.5 Å². The van der Waals surface area contributed by atoms with Crippen LogP contribution < -0.4 is 0 Å². The number of aromatic nitrogens is 3. The van der Waals surface area contributed by atoms with Gasteiger partial charge in [0.15, 0.2) is 0 Å². The van der Waals surface area contributed by atoms with Crippen molar-refractivity contribution in [3.63, 3.8) is 0 Å². The molecule has 5 rings (SSSR count). The van der Waals surface area contributed by atoms with Crippen LogP contribution in [0.25, 0.3) is 17.1 Å². The number of nitrogens with zero attached hydrogens (tertiary/aromatic N) is 4. The molecule has 0 saturated carbocycles. The molecular weight excluding hydrogens is 366 g/mol. The molecule has 144 valence electrons. The van der Waals surface area contributed by atoms with Gasteiger partial charge in [0.2, 0.25) is 5.91 Å². The molecule has 1 N–H and O–H groups in total. The SMILES string of the molecule is O=C(c1ccc2n[nH]nc2c1)N1C=C2CN(C(=O)/C=C/c3ccccc3)C[C@@H]2C1. The molecule has 3 aromatic rings. The van der Waals surface area contributed by atoms with Gasteiger partial charge < -0.3 is 9.80 Å². The fourth-order valence-electron chi connectivity index (χ4n) is 3.89. The van der Waals surface area contributed by atoms with Crippen LogP contribution in [0.4, 0.5) is 0 Å². The minimum absolute atomic E-state index is 0.00138. The number of amides is 2. The summed E-state index contributed by atoms with van der Waals surface area (Å²) in [6.07, 6.45) is 5.35. The van der Waals surface area contributed by atoms with E-state index >= 15 is 0 Å². The van der Waals surface area contributed by atoms with E-state index in [4.69, 9.17) is 0 Å². The summed E-state index contributed by atoms with van der Waals surface area (Å²) < 4.78 is 0. The molecule has 2 amide bonds. The highest BCUT2D eigenvalue weighted by Crippen LogP contribution is 2.31. The minimum atomic E-state index is -0.0568. The Kier molecular flexibility index (Phi) is 4.20. The van der Waals surface area contributed by atoms with Crippen molar-refractivity contribution in [1.29, 1.82) is 0 Å². The standard InChI is InChI=1S/C22H19N5O2/c28-21(9-6-15-4-2-1-3-5-15)26-11-17-13-27(14-18(17)12-26)22(29)16-7-8-19-20(10-16)24-25-23-19/h1-10,13,18H,11-12,14H2,(H,23,24,25)/b9-6+/t18-/m1/s1. The predicted molar refractivity (Wildman–Crippen MR) is 109 cm³/mol. The van der Waals surface area contributed by atoms with Gasteiger partial charge in [0.25, 0.3) is 5.91 Å². The monoisotopic (exact) mass is 385 g/mol. The van der Waals surface area contributed by atoms with Gasteiger partial charge in [-0.15, -0.1) is 0 Å². The van der Waals surface area contributed by atoms with Crippen LogP contribution in [-0.2, 0) is 4.79 Å². The molecule has 7 nitrogen and oxygen atoms in total. The van der Waals surface area contributed by atoms with Crippen LogP contribution in [0, 0.1) is 5.92 Å².